The molecule has 2 aromatic carbocycles. The molecule has 0 amide bonds. The summed E-state index contributed by atoms with van der Waals surface area (Å²) in [5, 5.41) is 26.1. The molecule has 0 bridgehead atoms. The molecule has 0 aliphatic heterocycles. The summed E-state index contributed by atoms with van der Waals surface area (Å²) in [6.07, 6.45) is 3.77. The Hall–Kier alpha value is -3.06. The highest BCUT2D eigenvalue weighted by Crippen LogP contribution is 2.32. The number of aryl methyl sites for hydroxylation is 2. The monoisotopic (exact) mass is 410 g/mol. The van der Waals surface area contributed by atoms with Crippen LogP contribution in [0.3, 0.4) is 0 Å². The summed E-state index contributed by atoms with van der Waals surface area (Å²) in [4.78, 5) is 1.91. The molecule has 0 saturated carbocycles. The van der Waals surface area contributed by atoms with Gasteiger partial charge in [-0.2, -0.15) is 5.10 Å². The molecule has 0 fully saturated rings. The van der Waals surface area contributed by atoms with Crippen LogP contribution in [0.2, 0.25) is 0 Å². The molecule has 29 heavy (non-hydrogen) atoms. The van der Waals surface area contributed by atoms with Gasteiger partial charge in [0.1, 0.15) is 11.5 Å². The number of nitrogens with one attached hydrogen (secondary N) is 1. The largest absolute Gasteiger partial charge is 0.508 e. The molecular weight excluding hydrogens is 384 g/mol. The maximum atomic E-state index is 10.5. The van der Waals surface area contributed by atoms with Crippen LogP contribution in [0.15, 0.2) is 47.7 Å². The molecule has 0 radical (unpaired) electrons. The predicted molar refractivity (Wildman–Crippen MR) is 123 cm³/mol. The molecule has 152 valence electrons. The third-order valence-corrected chi connectivity index (χ3v) is 5.08. The van der Waals surface area contributed by atoms with Crippen LogP contribution in [0.25, 0.3) is 10.9 Å². The second kappa shape index (κ2) is 8.96. The van der Waals surface area contributed by atoms with Gasteiger partial charge in [-0.1, -0.05) is 32.1 Å². The number of thiocarbonyl (C=S) groups is 1. The molecule has 7 heteroatoms. The number of phenols is 2. The Labute approximate surface area is 176 Å². The lowest BCUT2D eigenvalue weighted by Gasteiger charge is -2.23. The van der Waals surface area contributed by atoms with E-state index in [1.807, 2.05) is 31.0 Å². The molecule has 3 rings (SSSR count). The fourth-order valence-corrected chi connectivity index (χ4v) is 3.59. The zero-order valence-electron chi connectivity index (χ0n) is 16.9. The van der Waals surface area contributed by atoms with E-state index >= 15 is 0 Å². The minimum Gasteiger partial charge on any atom is -0.508 e. The highest BCUT2D eigenvalue weighted by molar-refractivity contribution is 7.78. The van der Waals surface area contributed by atoms with E-state index in [4.69, 9.17) is 12.2 Å². The average Bonchev–Trinajstić information content (AvgIpc) is 3.12. The quantitative estimate of drug-likeness (QED) is 0.233. The van der Waals surface area contributed by atoms with Gasteiger partial charge in [0.2, 0.25) is 0 Å². The van der Waals surface area contributed by atoms with E-state index in [9.17, 15) is 10.2 Å². The topological polar surface area (TPSA) is 73.0 Å². The molecule has 0 aliphatic carbocycles. The van der Waals surface area contributed by atoms with Crippen molar-refractivity contribution in [2.45, 2.75) is 33.2 Å². The highest BCUT2D eigenvalue weighted by atomic mass is 32.1. The first kappa shape index (κ1) is 20.7. The summed E-state index contributed by atoms with van der Waals surface area (Å²) in [7, 11) is 1.90. The number of rotatable bonds is 7. The molecule has 0 unspecified atom stereocenters. The summed E-state index contributed by atoms with van der Waals surface area (Å²) in [5.41, 5.74) is 7.35. The van der Waals surface area contributed by atoms with E-state index in [0.29, 0.717) is 17.8 Å². The van der Waals surface area contributed by atoms with Gasteiger partial charge < -0.3 is 19.7 Å². The molecule has 0 aliphatic rings. The highest BCUT2D eigenvalue weighted by Gasteiger charge is 2.20. The first-order valence-electron chi connectivity index (χ1n) is 9.65. The Morgan fingerprint density at radius 3 is 2.69 bits per heavy atom. The second-order valence-electron chi connectivity index (χ2n) is 6.81. The van der Waals surface area contributed by atoms with Gasteiger partial charge in [0, 0.05) is 31.2 Å². The molecular formula is C22H26N4O2S. The van der Waals surface area contributed by atoms with Crippen molar-refractivity contribution in [3.63, 3.8) is 0 Å². The first-order chi connectivity index (χ1) is 14.0. The lowest BCUT2D eigenvalue weighted by molar-refractivity contribution is 0.445. The summed E-state index contributed by atoms with van der Waals surface area (Å²) in [5.74, 6) is 0.513. The number of hydrazone groups is 1. The minimum atomic E-state index is -0.0489. The number of nitrogens with zero attached hydrogens (tertiary/aromatic N) is 3. The van der Waals surface area contributed by atoms with Crippen molar-refractivity contribution in [1.29, 1.82) is 0 Å². The van der Waals surface area contributed by atoms with Crippen LogP contribution in [0.1, 0.15) is 31.4 Å². The summed E-state index contributed by atoms with van der Waals surface area (Å²) < 4.78 is 2.23. The molecule has 0 atom stereocenters. The van der Waals surface area contributed by atoms with Crippen LogP contribution in [-0.4, -0.2) is 33.2 Å². The van der Waals surface area contributed by atoms with Gasteiger partial charge in [-0.25, -0.2) is 0 Å². The molecule has 6 nitrogen and oxygen atoms in total. The van der Waals surface area contributed by atoms with Crippen molar-refractivity contribution in [2.75, 3.05) is 11.9 Å². The summed E-state index contributed by atoms with van der Waals surface area (Å²) in [6, 6.07) is 11.3. The predicted octanol–water partition coefficient (Wildman–Crippen LogP) is 4.37. The van der Waals surface area contributed by atoms with Gasteiger partial charge in [-0.3, -0.25) is 5.43 Å². The molecule has 3 N–H and O–H groups in total. The average molecular weight is 411 g/mol. The van der Waals surface area contributed by atoms with Gasteiger partial charge >= 0.3 is 0 Å². The Morgan fingerprint density at radius 2 is 2.00 bits per heavy atom. The maximum absolute atomic E-state index is 10.5. The SMILES string of the molecule is CCCn1ccc2c(N(C)/C(=N\NC=S)c3cc(CC)c(O)cc3O)cccc21. The number of fused-ring (bicyclic) bond motifs is 1. The lowest BCUT2D eigenvalue weighted by atomic mass is 10.0. The molecule has 1 aromatic heterocycles. The van der Waals surface area contributed by atoms with Crippen LogP contribution in [0.4, 0.5) is 5.69 Å². The van der Waals surface area contributed by atoms with Crippen molar-refractivity contribution in [1.82, 2.24) is 9.99 Å². The minimum absolute atomic E-state index is 0.0489. The number of benzene rings is 2. The van der Waals surface area contributed by atoms with Crippen LogP contribution in [0, 0.1) is 0 Å². The number of anilines is 1. The van der Waals surface area contributed by atoms with E-state index in [0.717, 1.165) is 35.1 Å². The standard InChI is InChI=1S/C22H26N4O2S/c1-4-10-26-11-9-16-18(7-6-8-19(16)26)25(3)22(24-23-14-29)17-12-15(5-2)20(27)13-21(17)28/h6-9,11-14,27-28H,4-5,10H2,1-3H3,(H,23,29)/b24-22-. The number of hydrogen-bond donors (Lipinski definition) is 3. The number of aromatic nitrogens is 1. The van der Waals surface area contributed by atoms with Gasteiger partial charge in [0.05, 0.1) is 22.3 Å². The Morgan fingerprint density at radius 1 is 1.21 bits per heavy atom. The Kier molecular flexibility index (Phi) is 6.39. The summed E-state index contributed by atoms with van der Waals surface area (Å²) >= 11 is 4.87. The lowest BCUT2D eigenvalue weighted by Crippen LogP contribution is -2.29. The zero-order chi connectivity index (χ0) is 21.0. The number of aromatic hydroxyl groups is 2. The van der Waals surface area contributed by atoms with Crippen molar-refractivity contribution in [3.05, 3.63) is 53.7 Å². The van der Waals surface area contributed by atoms with E-state index in [1.54, 1.807) is 6.07 Å². The molecule has 0 spiro atoms. The normalized spacial score (nSPS) is 11.6. The van der Waals surface area contributed by atoms with Gasteiger partial charge in [0.25, 0.3) is 0 Å². The van der Waals surface area contributed by atoms with Gasteiger partial charge in [0.15, 0.2) is 5.84 Å². The van der Waals surface area contributed by atoms with Crippen LogP contribution >= 0.6 is 12.2 Å². The Bertz CT molecular complexity index is 1060. The van der Waals surface area contributed by atoms with Crippen LogP contribution in [0.5, 0.6) is 11.5 Å². The number of phenolic OH excluding ortho intramolecular Hbond substituents is 2. The third kappa shape index (κ3) is 4.05. The maximum Gasteiger partial charge on any atom is 0.164 e. The van der Waals surface area contributed by atoms with E-state index < -0.39 is 0 Å². The molecule has 0 saturated heterocycles. The van der Waals surface area contributed by atoms with Crippen molar-refractivity contribution in [2.24, 2.45) is 5.10 Å². The third-order valence-electron chi connectivity index (χ3n) is 4.98. The number of amidine groups is 1. The smallest absolute Gasteiger partial charge is 0.164 e. The van der Waals surface area contributed by atoms with Crippen molar-refractivity contribution < 1.29 is 10.2 Å². The fraction of sp³-hybridized carbons (Fsp3) is 0.273. The van der Waals surface area contributed by atoms with E-state index in [-0.39, 0.29) is 11.5 Å². The Balaban J connectivity index is 2.14. The zero-order valence-corrected chi connectivity index (χ0v) is 17.7. The first-order valence-corrected chi connectivity index (χ1v) is 10.1. The van der Waals surface area contributed by atoms with Gasteiger partial charge in [-0.05, 0) is 42.7 Å². The van der Waals surface area contributed by atoms with E-state index in [1.165, 1.54) is 11.6 Å². The second-order valence-corrected chi connectivity index (χ2v) is 7.05. The van der Waals surface area contributed by atoms with Crippen molar-refractivity contribution >= 4 is 40.1 Å². The number of hydrogen-bond acceptors (Lipinski definition) is 4. The molecule has 1 heterocycles. The van der Waals surface area contributed by atoms with Crippen LogP contribution < -0.4 is 10.3 Å². The fourth-order valence-electron chi connectivity index (χ4n) is 3.54. The molecule has 3 aromatic rings. The van der Waals surface area contributed by atoms with Crippen LogP contribution in [-0.2, 0) is 13.0 Å². The summed E-state index contributed by atoms with van der Waals surface area (Å²) in [6.45, 7) is 5.05. The van der Waals surface area contributed by atoms with Crippen molar-refractivity contribution in [3.8, 4) is 11.5 Å². The van der Waals surface area contributed by atoms with E-state index in [2.05, 4.69) is 40.3 Å². The van der Waals surface area contributed by atoms with Gasteiger partial charge in [-0.15, -0.1) is 0 Å².